The van der Waals surface area contributed by atoms with Gasteiger partial charge in [-0.25, -0.2) is 13.2 Å². The zero-order chi connectivity index (χ0) is 21.1. The molecule has 0 unspecified atom stereocenters. The first-order chi connectivity index (χ1) is 14.4. The summed E-state index contributed by atoms with van der Waals surface area (Å²) in [5.41, 5.74) is 3.79. The molecule has 0 spiro atoms. The predicted molar refractivity (Wildman–Crippen MR) is 118 cm³/mol. The Morgan fingerprint density at radius 1 is 1.00 bits per heavy atom. The second kappa shape index (κ2) is 8.78. The van der Waals surface area contributed by atoms with Crippen LogP contribution in [-0.2, 0) is 23.0 Å². The molecule has 2 N–H and O–H groups in total. The monoisotopic (exact) mass is 427 g/mol. The Bertz CT molecular complexity index is 1010. The summed E-state index contributed by atoms with van der Waals surface area (Å²) in [7, 11) is -3.54. The molecule has 0 saturated heterocycles. The van der Waals surface area contributed by atoms with E-state index in [0.29, 0.717) is 30.1 Å². The van der Waals surface area contributed by atoms with E-state index in [9.17, 15) is 13.2 Å². The first-order valence-corrected chi connectivity index (χ1v) is 12.1. The number of hydrogen-bond donors (Lipinski definition) is 2. The second-order valence-electron chi connectivity index (χ2n) is 8.32. The third kappa shape index (κ3) is 4.68. The predicted octanol–water partition coefficient (Wildman–Crippen LogP) is 4.20. The highest BCUT2D eigenvalue weighted by molar-refractivity contribution is 7.89. The Morgan fingerprint density at radius 3 is 2.47 bits per heavy atom. The molecule has 0 radical (unpaired) electrons. The zero-order valence-electron chi connectivity index (χ0n) is 17.4. The fourth-order valence-electron chi connectivity index (χ4n) is 4.27. The Morgan fingerprint density at radius 2 is 1.73 bits per heavy atom. The van der Waals surface area contributed by atoms with E-state index in [-0.39, 0.29) is 12.1 Å². The van der Waals surface area contributed by atoms with E-state index in [4.69, 9.17) is 0 Å². The van der Waals surface area contributed by atoms with Crippen LogP contribution in [0.3, 0.4) is 0 Å². The molecule has 1 aliphatic heterocycles. The third-order valence-corrected chi connectivity index (χ3v) is 7.90. The van der Waals surface area contributed by atoms with Gasteiger partial charge in [0.1, 0.15) is 0 Å². The maximum Gasteiger partial charge on any atom is 0.319 e. The van der Waals surface area contributed by atoms with Gasteiger partial charge in [0, 0.05) is 24.8 Å². The van der Waals surface area contributed by atoms with Gasteiger partial charge in [-0.15, -0.1) is 0 Å². The highest BCUT2D eigenvalue weighted by atomic mass is 32.2. The molecule has 2 amide bonds. The lowest BCUT2D eigenvalue weighted by Crippen LogP contribution is -2.39. The molecule has 160 valence electrons. The summed E-state index contributed by atoms with van der Waals surface area (Å²) in [6, 6.07) is 12.8. The van der Waals surface area contributed by atoms with Gasteiger partial charge in [0.15, 0.2) is 0 Å². The first kappa shape index (κ1) is 20.9. The van der Waals surface area contributed by atoms with Gasteiger partial charge in [0.2, 0.25) is 10.0 Å². The Labute approximate surface area is 178 Å². The summed E-state index contributed by atoms with van der Waals surface area (Å²) in [6.45, 7) is 2.70. The molecule has 2 aromatic carbocycles. The number of rotatable bonds is 4. The molecule has 0 aromatic heterocycles. The van der Waals surface area contributed by atoms with Crippen molar-refractivity contribution in [1.29, 1.82) is 0 Å². The van der Waals surface area contributed by atoms with Crippen molar-refractivity contribution in [2.75, 3.05) is 11.9 Å². The summed E-state index contributed by atoms with van der Waals surface area (Å²) in [5, 5.41) is 5.96. The lowest BCUT2D eigenvalue weighted by atomic mass is 9.96. The van der Waals surface area contributed by atoms with E-state index in [1.54, 1.807) is 12.1 Å². The third-order valence-electron chi connectivity index (χ3n) is 6.04. The molecule has 2 aliphatic rings. The minimum Gasteiger partial charge on any atom is -0.335 e. The summed E-state index contributed by atoms with van der Waals surface area (Å²) < 4.78 is 27.6. The molecule has 0 bridgehead atoms. The van der Waals surface area contributed by atoms with Crippen molar-refractivity contribution in [3.05, 3.63) is 59.2 Å². The molecule has 2 aromatic rings. The van der Waals surface area contributed by atoms with Crippen LogP contribution >= 0.6 is 0 Å². The highest BCUT2D eigenvalue weighted by Crippen LogP contribution is 2.27. The molecule has 1 heterocycles. The normalized spacial score (nSPS) is 17.9. The molecule has 1 fully saturated rings. The highest BCUT2D eigenvalue weighted by Gasteiger charge is 2.28. The van der Waals surface area contributed by atoms with Crippen molar-refractivity contribution in [3.8, 4) is 0 Å². The number of nitrogens with one attached hydrogen (secondary N) is 2. The molecular weight excluding hydrogens is 398 g/mol. The Hall–Kier alpha value is -2.38. The number of fused-ring (bicyclic) bond motifs is 1. The zero-order valence-corrected chi connectivity index (χ0v) is 18.2. The average molecular weight is 428 g/mol. The molecule has 1 saturated carbocycles. The number of sulfonamides is 1. The van der Waals surface area contributed by atoms with Crippen LogP contribution in [0.2, 0.25) is 0 Å². The summed E-state index contributed by atoms with van der Waals surface area (Å²) in [5.74, 6) is 0. The summed E-state index contributed by atoms with van der Waals surface area (Å²) in [6.07, 6.45) is 6.29. The molecule has 30 heavy (non-hydrogen) atoms. The molecule has 4 rings (SSSR count). The van der Waals surface area contributed by atoms with Crippen molar-refractivity contribution < 1.29 is 13.2 Å². The maximum atomic E-state index is 13.0. The van der Waals surface area contributed by atoms with Gasteiger partial charge in [0.25, 0.3) is 0 Å². The van der Waals surface area contributed by atoms with Crippen LogP contribution in [0.15, 0.2) is 47.4 Å². The lowest BCUT2D eigenvalue weighted by molar-refractivity contribution is 0.244. The van der Waals surface area contributed by atoms with Crippen LogP contribution in [0.1, 0.15) is 48.8 Å². The van der Waals surface area contributed by atoms with E-state index in [0.717, 1.165) is 42.4 Å². The maximum absolute atomic E-state index is 13.0. The fraction of sp³-hybridized carbons (Fsp3) is 0.435. The molecule has 1 aliphatic carbocycles. The summed E-state index contributed by atoms with van der Waals surface area (Å²) in [4.78, 5) is 12.7. The van der Waals surface area contributed by atoms with Crippen molar-refractivity contribution in [2.24, 2.45) is 0 Å². The van der Waals surface area contributed by atoms with Crippen molar-refractivity contribution in [1.82, 2.24) is 9.62 Å². The van der Waals surface area contributed by atoms with Gasteiger partial charge in [-0.1, -0.05) is 43.0 Å². The number of amides is 2. The van der Waals surface area contributed by atoms with Crippen LogP contribution in [-0.4, -0.2) is 31.3 Å². The number of urea groups is 1. The smallest absolute Gasteiger partial charge is 0.319 e. The van der Waals surface area contributed by atoms with E-state index in [1.807, 2.05) is 37.3 Å². The lowest BCUT2D eigenvalue weighted by Gasteiger charge is -2.28. The minimum atomic E-state index is -3.54. The number of carbonyl (C=O) groups is 1. The van der Waals surface area contributed by atoms with Gasteiger partial charge in [-0.2, -0.15) is 4.31 Å². The van der Waals surface area contributed by atoms with E-state index < -0.39 is 10.0 Å². The van der Waals surface area contributed by atoms with E-state index in [2.05, 4.69) is 10.6 Å². The quantitative estimate of drug-likeness (QED) is 0.768. The van der Waals surface area contributed by atoms with Crippen LogP contribution in [0.5, 0.6) is 0 Å². The van der Waals surface area contributed by atoms with Gasteiger partial charge >= 0.3 is 6.03 Å². The molecule has 6 nitrogen and oxygen atoms in total. The molecular formula is C23H29N3O3S. The van der Waals surface area contributed by atoms with Gasteiger partial charge < -0.3 is 10.6 Å². The largest absolute Gasteiger partial charge is 0.335 e. The van der Waals surface area contributed by atoms with Crippen LogP contribution in [0.25, 0.3) is 0 Å². The van der Waals surface area contributed by atoms with E-state index in [1.165, 1.54) is 10.7 Å². The molecule has 0 atom stereocenters. The molecule has 7 heteroatoms. The van der Waals surface area contributed by atoms with Crippen LogP contribution < -0.4 is 10.6 Å². The number of anilines is 1. The van der Waals surface area contributed by atoms with Gasteiger partial charge in [0.05, 0.1) is 4.90 Å². The van der Waals surface area contributed by atoms with Crippen LogP contribution in [0.4, 0.5) is 10.5 Å². The van der Waals surface area contributed by atoms with Crippen molar-refractivity contribution in [3.63, 3.8) is 0 Å². The van der Waals surface area contributed by atoms with Gasteiger partial charge in [-0.3, -0.25) is 0 Å². The number of hydrogen-bond acceptors (Lipinski definition) is 3. The SMILES string of the molecule is Cc1ccc(S(=O)(=O)N2CCc3ccc(NC(=O)NC4CCCCC4)cc3C2)cc1. The van der Waals surface area contributed by atoms with Crippen LogP contribution in [0, 0.1) is 6.92 Å². The summed E-state index contributed by atoms with van der Waals surface area (Å²) >= 11 is 0. The topological polar surface area (TPSA) is 78.5 Å². The number of nitrogens with zero attached hydrogens (tertiary/aromatic N) is 1. The van der Waals surface area contributed by atoms with E-state index >= 15 is 0 Å². The second-order valence-corrected chi connectivity index (χ2v) is 10.3. The first-order valence-electron chi connectivity index (χ1n) is 10.7. The minimum absolute atomic E-state index is 0.193. The van der Waals surface area contributed by atoms with Gasteiger partial charge in [-0.05, 0) is 61.6 Å². The number of benzene rings is 2. The van der Waals surface area contributed by atoms with Crippen molar-refractivity contribution in [2.45, 2.75) is 62.9 Å². The standard InChI is InChI=1S/C23H29N3O3S/c1-17-7-11-22(12-8-17)30(28,29)26-14-13-18-9-10-21(15-19(18)16-26)25-23(27)24-20-5-3-2-4-6-20/h7-12,15,20H,2-6,13-14,16H2,1H3,(H2,24,25,27). The average Bonchev–Trinajstić information content (AvgIpc) is 2.74. The Kier molecular flexibility index (Phi) is 6.11. The Balaban J connectivity index is 1.45. The fourth-order valence-corrected chi connectivity index (χ4v) is 5.69. The number of aryl methyl sites for hydroxylation is 1. The number of carbonyl (C=O) groups excluding carboxylic acids is 1. The van der Waals surface area contributed by atoms with Crippen molar-refractivity contribution >= 4 is 21.7 Å².